The van der Waals surface area contributed by atoms with Crippen LogP contribution in [-0.4, -0.2) is 12.2 Å². The molecule has 1 aromatic carbocycles. The molecule has 0 bridgehead atoms. The topological polar surface area (TPSA) is 29.5 Å². The molecule has 0 fully saturated rings. The molecule has 1 N–H and O–H groups in total. The summed E-state index contributed by atoms with van der Waals surface area (Å²) < 4.78 is 5.03. The van der Waals surface area contributed by atoms with E-state index in [9.17, 15) is 5.11 Å². The molecule has 2 heteroatoms. The highest BCUT2D eigenvalue weighted by Crippen LogP contribution is 2.31. The Labute approximate surface area is 78.5 Å². The molecular weight excluding hydrogens is 164 g/mol. The molecular formula is C11H14O2. The second-order valence-corrected chi connectivity index (χ2v) is 2.91. The first kappa shape index (κ1) is 9.65. The lowest BCUT2D eigenvalue weighted by Crippen LogP contribution is -1.87. The van der Waals surface area contributed by atoms with Crippen LogP contribution in [0, 0.1) is 6.92 Å². The van der Waals surface area contributed by atoms with Gasteiger partial charge in [0.05, 0.1) is 7.11 Å². The highest BCUT2D eigenvalue weighted by molar-refractivity contribution is 5.62. The Hall–Kier alpha value is -1.44. The van der Waals surface area contributed by atoms with Gasteiger partial charge in [-0.1, -0.05) is 12.2 Å². The number of aryl methyl sites for hydroxylation is 1. The number of phenolic OH excluding ortho intramolecular Hbond substituents is 1. The maximum absolute atomic E-state index is 9.67. The van der Waals surface area contributed by atoms with Gasteiger partial charge in [-0.05, 0) is 31.5 Å². The fraction of sp³-hybridized carbons (Fsp3) is 0.273. The van der Waals surface area contributed by atoms with Crippen LogP contribution in [-0.2, 0) is 0 Å². The zero-order valence-corrected chi connectivity index (χ0v) is 8.16. The molecule has 0 aliphatic heterocycles. The van der Waals surface area contributed by atoms with Crippen LogP contribution < -0.4 is 4.74 Å². The largest absolute Gasteiger partial charge is 0.504 e. The summed E-state index contributed by atoms with van der Waals surface area (Å²) in [6.45, 7) is 3.88. The Morgan fingerprint density at radius 2 is 2.08 bits per heavy atom. The predicted molar refractivity (Wildman–Crippen MR) is 54.1 cm³/mol. The van der Waals surface area contributed by atoms with Crippen molar-refractivity contribution in [2.75, 3.05) is 7.11 Å². The number of hydrogen-bond acceptors (Lipinski definition) is 2. The maximum atomic E-state index is 9.67. The average Bonchev–Trinajstić information content (AvgIpc) is 2.11. The fourth-order valence-electron chi connectivity index (χ4n) is 1.23. The lowest BCUT2D eigenvalue weighted by atomic mass is 10.1. The second-order valence-electron chi connectivity index (χ2n) is 2.91. The van der Waals surface area contributed by atoms with Crippen LogP contribution in [0.4, 0.5) is 0 Å². The summed E-state index contributed by atoms with van der Waals surface area (Å²) in [5.41, 5.74) is 1.86. The van der Waals surface area contributed by atoms with Gasteiger partial charge in [-0.3, -0.25) is 0 Å². The molecule has 0 spiro atoms. The first-order valence-corrected chi connectivity index (χ1v) is 4.19. The molecule has 0 unspecified atom stereocenters. The molecule has 0 heterocycles. The van der Waals surface area contributed by atoms with Crippen molar-refractivity contribution < 1.29 is 9.84 Å². The van der Waals surface area contributed by atoms with Crippen molar-refractivity contribution in [1.29, 1.82) is 0 Å². The summed E-state index contributed by atoms with van der Waals surface area (Å²) in [6, 6.07) is 3.72. The van der Waals surface area contributed by atoms with Crippen molar-refractivity contribution in [2.45, 2.75) is 13.8 Å². The van der Waals surface area contributed by atoms with Crippen LogP contribution in [0.25, 0.3) is 6.08 Å². The smallest absolute Gasteiger partial charge is 0.165 e. The van der Waals surface area contributed by atoms with E-state index >= 15 is 0 Å². The van der Waals surface area contributed by atoms with Gasteiger partial charge in [-0.2, -0.15) is 0 Å². The predicted octanol–water partition coefficient (Wildman–Crippen LogP) is 2.74. The van der Waals surface area contributed by atoms with Gasteiger partial charge < -0.3 is 9.84 Å². The Morgan fingerprint density at radius 1 is 1.38 bits per heavy atom. The summed E-state index contributed by atoms with van der Waals surface area (Å²) >= 11 is 0. The van der Waals surface area contributed by atoms with Crippen LogP contribution in [0.3, 0.4) is 0 Å². The van der Waals surface area contributed by atoms with Crippen LogP contribution in [0.2, 0.25) is 0 Å². The Morgan fingerprint density at radius 3 is 2.62 bits per heavy atom. The molecule has 0 saturated heterocycles. The zero-order chi connectivity index (χ0) is 9.84. The quantitative estimate of drug-likeness (QED) is 0.754. The molecule has 1 rings (SSSR count). The fourth-order valence-corrected chi connectivity index (χ4v) is 1.23. The highest BCUT2D eigenvalue weighted by Gasteiger charge is 2.05. The van der Waals surface area contributed by atoms with E-state index in [1.165, 1.54) is 0 Å². The summed E-state index contributed by atoms with van der Waals surface area (Å²) in [5, 5.41) is 9.67. The first-order valence-electron chi connectivity index (χ1n) is 4.19. The van der Waals surface area contributed by atoms with E-state index in [1.807, 2.05) is 38.1 Å². The van der Waals surface area contributed by atoms with Gasteiger partial charge in [-0.25, -0.2) is 0 Å². The molecule has 2 nitrogen and oxygen atoms in total. The standard InChI is InChI=1S/C11H14O2/c1-4-5-9-6-8(2)7-10(13-3)11(9)12/h4-7,12H,1-3H3/b5-4+. The minimum Gasteiger partial charge on any atom is -0.504 e. The lowest BCUT2D eigenvalue weighted by Gasteiger charge is -2.07. The summed E-state index contributed by atoms with van der Waals surface area (Å²) in [6.07, 6.45) is 3.73. The Bertz CT molecular complexity index is 327. The number of allylic oxidation sites excluding steroid dienone is 1. The number of hydrogen-bond donors (Lipinski definition) is 1. The van der Waals surface area contributed by atoms with Gasteiger partial charge in [0.2, 0.25) is 0 Å². The normalized spacial score (nSPS) is 10.7. The third-order valence-corrected chi connectivity index (χ3v) is 1.81. The van der Waals surface area contributed by atoms with E-state index < -0.39 is 0 Å². The third-order valence-electron chi connectivity index (χ3n) is 1.81. The number of methoxy groups -OCH3 is 1. The molecule has 0 amide bonds. The van der Waals surface area contributed by atoms with Crippen molar-refractivity contribution in [3.05, 3.63) is 29.3 Å². The number of rotatable bonds is 2. The average molecular weight is 178 g/mol. The number of aromatic hydroxyl groups is 1. The van der Waals surface area contributed by atoms with Crippen molar-refractivity contribution in [3.63, 3.8) is 0 Å². The summed E-state index contributed by atoms with van der Waals surface area (Å²) in [7, 11) is 1.55. The lowest BCUT2D eigenvalue weighted by molar-refractivity contribution is 0.372. The van der Waals surface area contributed by atoms with Crippen LogP contribution >= 0.6 is 0 Å². The molecule has 13 heavy (non-hydrogen) atoms. The maximum Gasteiger partial charge on any atom is 0.165 e. The molecule has 0 aliphatic rings. The van der Waals surface area contributed by atoms with Gasteiger partial charge in [0, 0.05) is 5.56 Å². The van der Waals surface area contributed by atoms with Crippen LogP contribution in [0.5, 0.6) is 11.5 Å². The van der Waals surface area contributed by atoms with E-state index in [4.69, 9.17) is 4.74 Å². The van der Waals surface area contributed by atoms with Crippen LogP contribution in [0.1, 0.15) is 18.1 Å². The van der Waals surface area contributed by atoms with E-state index in [2.05, 4.69) is 0 Å². The number of phenols is 1. The van der Waals surface area contributed by atoms with Gasteiger partial charge in [0.15, 0.2) is 11.5 Å². The molecule has 0 atom stereocenters. The van der Waals surface area contributed by atoms with Crippen molar-refractivity contribution in [1.82, 2.24) is 0 Å². The molecule has 0 aromatic heterocycles. The molecule has 1 aromatic rings. The molecule has 70 valence electrons. The zero-order valence-electron chi connectivity index (χ0n) is 8.16. The van der Waals surface area contributed by atoms with E-state index in [1.54, 1.807) is 7.11 Å². The SMILES string of the molecule is C/C=C/c1cc(C)cc(OC)c1O. The molecule has 0 radical (unpaired) electrons. The summed E-state index contributed by atoms with van der Waals surface area (Å²) in [4.78, 5) is 0. The second kappa shape index (κ2) is 3.99. The van der Waals surface area contributed by atoms with Gasteiger partial charge in [0.25, 0.3) is 0 Å². The van der Waals surface area contributed by atoms with E-state index in [-0.39, 0.29) is 5.75 Å². The Balaban J connectivity index is 3.26. The van der Waals surface area contributed by atoms with E-state index in [0.29, 0.717) is 5.75 Å². The molecule has 0 aliphatic carbocycles. The third kappa shape index (κ3) is 2.02. The Kier molecular flexibility index (Phi) is 2.96. The highest BCUT2D eigenvalue weighted by atomic mass is 16.5. The van der Waals surface area contributed by atoms with Crippen molar-refractivity contribution in [3.8, 4) is 11.5 Å². The van der Waals surface area contributed by atoms with Crippen LogP contribution in [0.15, 0.2) is 18.2 Å². The van der Waals surface area contributed by atoms with Crippen molar-refractivity contribution in [2.24, 2.45) is 0 Å². The minimum atomic E-state index is 0.200. The minimum absolute atomic E-state index is 0.200. The van der Waals surface area contributed by atoms with Gasteiger partial charge in [0.1, 0.15) is 0 Å². The van der Waals surface area contributed by atoms with Gasteiger partial charge in [-0.15, -0.1) is 0 Å². The first-order chi connectivity index (χ1) is 6.19. The number of ether oxygens (including phenoxy) is 1. The molecule has 0 saturated carbocycles. The monoisotopic (exact) mass is 178 g/mol. The van der Waals surface area contributed by atoms with Gasteiger partial charge >= 0.3 is 0 Å². The van der Waals surface area contributed by atoms with E-state index in [0.717, 1.165) is 11.1 Å². The summed E-state index contributed by atoms with van der Waals surface area (Å²) in [5.74, 6) is 0.722. The number of benzene rings is 1. The van der Waals surface area contributed by atoms with Crippen molar-refractivity contribution >= 4 is 6.08 Å².